The van der Waals surface area contributed by atoms with Crippen LogP contribution in [-0.4, -0.2) is 51.7 Å². The Morgan fingerprint density at radius 1 is 0.967 bits per heavy atom. The van der Waals surface area contributed by atoms with Gasteiger partial charge in [0, 0.05) is 48.5 Å². The molecule has 1 saturated heterocycles. The molecule has 4 rings (SSSR count). The highest BCUT2D eigenvalue weighted by Gasteiger charge is 2.22. The molecule has 0 bridgehead atoms. The molecule has 1 aliphatic heterocycles. The number of amides is 1. The summed E-state index contributed by atoms with van der Waals surface area (Å²) >= 11 is 3.62. The van der Waals surface area contributed by atoms with Gasteiger partial charge in [0.05, 0.1) is 12.2 Å². The Bertz CT molecular complexity index is 1020. The lowest BCUT2D eigenvalue weighted by molar-refractivity contribution is 0.0628. The van der Waals surface area contributed by atoms with E-state index in [4.69, 9.17) is 0 Å². The lowest BCUT2D eigenvalue weighted by Gasteiger charge is -2.35. The van der Waals surface area contributed by atoms with E-state index in [0.717, 1.165) is 66.3 Å². The molecule has 1 aliphatic rings. The molecule has 1 fully saturated rings. The van der Waals surface area contributed by atoms with Gasteiger partial charge in [-0.2, -0.15) is 5.10 Å². The second-order valence-electron chi connectivity index (χ2n) is 7.94. The number of halogens is 1. The van der Waals surface area contributed by atoms with Crippen molar-refractivity contribution in [1.29, 1.82) is 0 Å². The third-order valence-corrected chi connectivity index (χ3v) is 6.42. The number of rotatable bonds is 5. The van der Waals surface area contributed by atoms with Crippen LogP contribution in [0.2, 0.25) is 0 Å². The highest BCUT2D eigenvalue weighted by molar-refractivity contribution is 9.10. The van der Waals surface area contributed by atoms with Crippen LogP contribution in [0.25, 0.3) is 0 Å². The molecule has 2 heterocycles. The Hall–Kier alpha value is -2.44. The van der Waals surface area contributed by atoms with Gasteiger partial charge in [-0.1, -0.05) is 46.3 Å². The van der Waals surface area contributed by atoms with Crippen LogP contribution < -0.4 is 0 Å². The van der Waals surface area contributed by atoms with E-state index in [-0.39, 0.29) is 5.91 Å². The quantitative estimate of drug-likeness (QED) is 0.563. The lowest BCUT2D eigenvalue weighted by Crippen LogP contribution is -2.48. The van der Waals surface area contributed by atoms with Crippen LogP contribution in [0.4, 0.5) is 0 Å². The number of carbonyl (C=O) groups is 1. The highest BCUT2D eigenvalue weighted by atomic mass is 79.9. The maximum Gasteiger partial charge on any atom is 0.253 e. The predicted octanol–water partition coefficient (Wildman–Crippen LogP) is 4.27. The smallest absolute Gasteiger partial charge is 0.253 e. The number of piperazine rings is 1. The maximum atomic E-state index is 12.9. The van der Waals surface area contributed by atoms with E-state index in [9.17, 15) is 4.79 Å². The van der Waals surface area contributed by atoms with Crippen molar-refractivity contribution in [3.8, 4) is 0 Å². The van der Waals surface area contributed by atoms with Gasteiger partial charge in [0.1, 0.15) is 0 Å². The number of aromatic nitrogens is 2. The first-order valence-electron chi connectivity index (χ1n) is 10.3. The van der Waals surface area contributed by atoms with Gasteiger partial charge in [-0.25, -0.2) is 0 Å². The third-order valence-electron chi connectivity index (χ3n) is 5.65. The molecule has 30 heavy (non-hydrogen) atoms. The van der Waals surface area contributed by atoms with Crippen molar-refractivity contribution in [1.82, 2.24) is 19.6 Å². The summed E-state index contributed by atoms with van der Waals surface area (Å²) in [4.78, 5) is 17.3. The number of benzene rings is 2. The van der Waals surface area contributed by atoms with E-state index < -0.39 is 0 Å². The van der Waals surface area contributed by atoms with Gasteiger partial charge in [-0.15, -0.1) is 0 Å². The van der Waals surface area contributed by atoms with E-state index in [2.05, 4.69) is 57.1 Å². The molecule has 156 valence electrons. The standard InChI is InChI=1S/C24H27BrN4O/c1-18-15-19(2)29(26-18)16-20-7-9-21(10-8-20)24(30)28-13-11-27(12-14-28)17-22-5-3-4-6-23(22)25/h3-10,15H,11-14,16-17H2,1-2H3. The molecular weight excluding hydrogens is 440 g/mol. The van der Waals surface area contributed by atoms with Gasteiger partial charge in [0.25, 0.3) is 5.91 Å². The summed E-state index contributed by atoms with van der Waals surface area (Å²) in [7, 11) is 0. The zero-order valence-corrected chi connectivity index (χ0v) is 19.1. The zero-order chi connectivity index (χ0) is 21.1. The number of hydrogen-bond acceptors (Lipinski definition) is 3. The molecule has 0 N–H and O–H groups in total. The van der Waals surface area contributed by atoms with Crippen LogP contribution in [-0.2, 0) is 13.1 Å². The van der Waals surface area contributed by atoms with Gasteiger partial charge in [0.2, 0.25) is 0 Å². The van der Waals surface area contributed by atoms with Crippen molar-refractivity contribution in [3.63, 3.8) is 0 Å². The Labute approximate surface area is 186 Å². The van der Waals surface area contributed by atoms with Crippen LogP contribution in [0.5, 0.6) is 0 Å². The average molecular weight is 467 g/mol. The molecular formula is C24H27BrN4O. The molecule has 0 radical (unpaired) electrons. The fourth-order valence-corrected chi connectivity index (χ4v) is 4.33. The summed E-state index contributed by atoms with van der Waals surface area (Å²) in [6.45, 7) is 9.00. The second kappa shape index (κ2) is 9.14. The van der Waals surface area contributed by atoms with Crippen LogP contribution in [0.1, 0.15) is 32.9 Å². The lowest BCUT2D eigenvalue weighted by atomic mass is 10.1. The van der Waals surface area contributed by atoms with E-state index in [1.165, 1.54) is 5.56 Å². The monoisotopic (exact) mass is 466 g/mol. The topological polar surface area (TPSA) is 41.4 Å². The molecule has 1 amide bonds. The van der Waals surface area contributed by atoms with Crippen molar-refractivity contribution in [3.05, 3.63) is 87.1 Å². The number of carbonyl (C=O) groups excluding carboxylic acids is 1. The average Bonchev–Trinajstić information content (AvgIpc) is 3.07. The number of nitrogens with zero attached hydrogens (tertiary/aromatic N) is 4. The first-order valence-corrected chi connectivity index (χ1v) is 11.1. The number of aryl methyl sites for hydroxylation is 2. The van der Waals surface area contributed by atoms with E-state index in [1.54, 1.807) is 0 Å². The minimum Gasteiger partial charge on any atom is -0.336 e. The number of hydrogen-bond donors (Lipinski definition) is 0. The Balaban J connectivity index is 1.33. The maximum absolute atomic E-state index is 12.9. The first kappa shape index (κ1) is 20.8. The molecule has 0 atom stereocenters. The fraction of sp³-hybridized carbons (Fsp3) is 0.333. The molecule has 3 aromatic rings. The molecule has 0 saturated carbocycles. The van der Waals surface area contributed by atoms with Gasteiger partial charge in [-0.05, 0) is 49.2 Å². The minimum atomic E-state index is 0.119. The largest absolute Gasteiger partial charge is 0.336 e. The predicted molar refractivity (Wildman–Crippen MR) is 123 cm³/mol. The van der Waals surface area contributed by atoms with Crippen LogP contribution in [0.15, 0.2) is 59.1 Å². The molecule has 2 aromatic carbocycles. The minimum absolute atomic E-state index is 0.119. The van der Waals surface area contributed by atoms with Crippen molar-refractivity contribution in [2.75, 3.05) is 26.2 Å². The Kier molecular flexibility index (Phi) is 6.35. The van der Waals surface area contributed by atoms with E-state index in [0.29, 0.717) is 0 Å². The van der Waals surface area contributed by atoms with E-state index in [1.807, 2.05) is 46.8 Å². The van der Waals surface area contributed by atoms with Gasteiger partial charge >= 0.3 is 0 Å². The van der Waals surface area contributed by atoms with Crippen molar-refractivity contribution in [2.24, 2.45) is 0 Å². The van der Waals surface area contributed by atoms with Crippen molar-refractivity contribution < 1.29 is 4.79 Å². The summed E-state index contributed by atoms with van der Waals surface area (Å²) < 4.78 is 3.14. The van der Waals surface area contributed by atoms with Crippen molar-refractivity contribution >= 4 is 21.8 Å². The molecule has 0 unspecified atom stereocenters. The van der Waals surface area contributed by atoms with Crippen LogP contribution in [0, 0.1) is 13.8 Å². The molecule has 1 aromatic heterocycles. The van der Waals surface area contributed by atoms with E-state index >= 15 is 0 Å². The zero-order valence-electron chi connectivity index (χ0n) is 17.5. The third kappa shape index (κ3) is 4.82. The van der Waals surface area contributed by atoms with Crippen LogP contribution in [0.3, 0.4) is 0 Å². The van der Waals surface area contributed by atoms with Gasteiger partial charge in [-0.3, -0.25) is 14.4 Å². The molecule has 0 aliphatic carbocycles. The fourth-order valence-electron chi connectivity index (χ4n) is 3.92. The summed E-state index contributed by atoms with van der Waals surface area (Å²) in [6, 6.07) is 18.4. The van der Waals surface area contributed by atoms with Gasteiger partial charge in [0.15, 0.2) is 0 Å². The molecule has 6 heteroatoms. The SMILES string of the molecule is Cc1cc(C)n(Cc2ccc(C(=O)N3CCN(Cc4ccccc4Br)CC3)cc2)n1. The summed E-state index contributed by atoms with van der Waals surface area (Å²) in [6.07, 6.45) is 0. The molecule has 0 spiro atoms. The van der Waals surface area contributed by atoms with Crippen LogP contribution >= 0.6 is 15.9 Å². The summed E-state index contributed by atoms with van der Waals surface area (Å²) in [5.74, 6) is 0.119. The second-order valence-corrected chi connectivity index (χ2v) is 8.80. The first-order chi connectivity index (χ1) is 14.5. The normalized spacial score (nSPS) is 14.8. The molecule has 5 nitrogen and oxygen atoms in total. The summed E-state index contributed by atoms with van der Waals surface area (Å²) in [5.41, 5.74) is 5.36. The van der Waals surface area contributed by atoms with Gasteiger partial charge < -0.3 is 4.90 Å². The Morgan fingerprint density at radius 2 is 1.67 bits per heavy atom. The highest BCUT2D eigenvalue weighted by Crippen LogP contribution is 2.19. The summed E-state index contributed by atoms with van der Waals surface area (Å²) in [5, 5.41) is 4.51. The van der Waals surface area contributed by atoms with Crippen molar-refractivity contribution in [2.45, 2.75) is 26.9 Å². The Morgan fingerprint density at radius 3 is 2.30 bits per heavy atom.